The lowest BCUT2D eigenvalue weighted by Gasteiger charge is -2.33. The molecule has 1 aliphatic heterocycles. The molecule has 1 saturated heterocycles. The molecule has 2 aromatic heterocycles. The molecule has 1 amide bonds. The Morgan fingerprint density at radius 1 is 1.39 bits per heavy atom. The van der Waals surface area contributed by atoms with Gasteiger partial charge in [-0.1, -0.05) is 6.92 Å². The highest BCUT2D eigenvalue weighted by atomic mass is 16.2. The van der Waals surface area contributed by atoms with Crippen LogP contribution in [0, 0.1) is 13.8 Å². The number of amides is 1. The van der Waals surface area contributed by atoms with Gasteiger partial charge in [0.2, 0.25) is 0 Å². The van der Waals surface area contributed by atoms with Gasteiger partial charge in [-0.05, 0) is 33.1 Å². The van der Waals surface area contributed by atoms with Crippen molar-refractivity contribution in [1.29, 1.82) is 0 Å². The quantitative estimate of drug-likeness (QED) is 0.862. The van der Waals surface area contributed by atoms with Crippen LogP contribution in [-0.4, -0.2) is 48.6 Å². The molecule has 122 valence electrons. The van der Waals surface area contributed by atoms with E-state index in [-0.39, 0.29) is 11.9 Å². The molecule has 0 N–H and O–H groups in total. The van der Waals surface area contributed by atoms with Gasteiger partial charge in [0, 0.05) is 19.3 Å². The Morgan fingerprint density at radius 3 is 2.91 bits per heavy atom. The zero-order valence-electron chi connectivity index (χ0n) is 13.9. The highest BCUT2D eigenvalue weighted by molar-refractivity contribution is 5.95. The highest BCUT2D eigenvalue weighted by Crippen LogP contribution is 2.23. The number of likely N-dealkylation sites (tertiary alicyclic amines) is 1. The molecule has 7 nitrogen and oxygen atoms in total. The van der Waals surface area contributed by atoms with Crippen molar-refractivity contribution >= 4 is 5.91 Å². The minimum atomic E-state index is 0.0154. The molecule has 3 rings (SSSR count). The maximum atomic E-state index is 12.8. The van der Waals surface area contributed by atoms with Gasteiger partial charge < -0.3 is 4.90 Å². The van der Waals surface area contributed by atoms with Crippen LogP contribution < -0.4 is 0 Å². The van der Waals surface area contributed by atoms with Gasteiger partial charge in [0.25, 0.3) is 5.91 Å². The lowest BCUT2D eigenvalue weighted by atomic mass is 10.0. The van der Waals surface area contributed by atoms with Gasteiger partial charge in [0.15, 0.2) is 0 Å². The summed E-state index contributed by atoms with van der Waals surface area (Å²) in [4.78, 5) is 27.3. The van der Waals surface area contributed by atoms with Crippen molar-refractivity contribution in [2.45, 2.75) is 46.1 Å². The Bertz CT molecular complexity index is 710. The normalized spacial score (nSPS) is 18.2. The number of aromatic nitrogens is 5. The maximum Gasteiger partial charge on any atom is 0.257 e. The van der Waals surface area contributed by atoms with Crippen molar-refractivity contribution in [3.63, 3.8) is 0 Å². The number of carbonyl (C=O) groups excluding carboxylic acids is 1. The van der Waals surface area contributed by atoms with E-state index in [0.29, 0.717) is 12.1 Å². The lowest BCUT2D eigenvalue weighted by Crippen LogP contribution is -2.41. The van der Waals surface area contributed by atoms with Crippen molar-refractivity contribution in [3.05, 3.63) is 35.4 Å². The summed E-state index contributed by atoms with van der Waals surface area (Å²) < 4.78 is 1.96. The Balaban J connectivity index is 1.81. The van der Waals surface area contributed by atoms with Gasteiger partial charge in [-0.2, -0.15) is 5.10 Å². The molecule has 23 heavy (non-hydrogen) atoms. The van der Waals surface area contributed by atoms with Crippen LogP contribution in [0.15, 0.2) is 12.5 Å². The molecule has 1 atom stereocenters. The van der Waals surface area contributed by atoms with Gasteiger partial charge in [-0.15, -0.1) is 0 Å². The fourth-order valence-corrected chi connectivity index (χ4v) is 3.21. The van der Waals surface area contributed by atoms with Crippen LogP contribution in [-0.2, 0) is 6.42 Å². The topological polar surface area (TPSA) is 76.8 Å². The standard InChI is InChI=1S/C16H22N6O/c1-4-15-14(8-17-10-18-15)16(23)21-7-5-6-13(9-21)22-12(3)19-11(2)20-22/h8,10,13H,4-7,9H2,1-3H3/t13-/m1/s1. The van der Waals surface area contributed by atoms with Crippen LogP contribution in [0.4, 0.5) is 0 Å². The SMILES string of the molecule is CCc1ncncc1C(=O)N1CCC[C@@H](n2nc(C)nc2C)C1. The van der Waals surface area contributed by atoms with Gasteiger partial charge in [0.1, 0.15) is 18.0 Å². The molecule has 1 fully saturated rings. The molecular weight excluding hydrogens is 292 g/mol. The third kappa shape index (κ3) is 3.09. The summed E-state index contributed by atoms with van der Waals surface area (Å²) >= 11 is 0. The number of hydrogen-bond donors (Lipinski definition) is 0. The summed E-state index contributed by atoms with van der Waals surface area (Å²) in [5.41, 5.74) is 1.42. The lowest BCUT2D eigenvalue weighted by molar-refractivity contribution is 0.0669. The van der Waals surface area contributed by atoms with Gasteiger partial charge in [-0.25, -0.2) is 19.6 Å². The van der Waals surface area contributed by atoms with Crippen LogP contribution in [0.3, 0.4) is 0 Å². The van der Waals surface area contributed by atoms with Gasteiger partial charge >= 0.3 is 0 Å². The first kappa shape index (κ1) is 15.6. The van der Waals surface area contributed by atoms with E-state index < -0.39 is 0 Å². The first-order valence-electron chi connectivity index (χ1n) is 8.08. The molecule has 0 saturated carbocycles. The molecule has 0 radical (unpaired) electrons. The Hall–Kier alpha value is -2.31. The largest absolute Gasteiger partial charge is 0.336 e. The average Bonchev–Trinajstić information content (AvgIpc) is 2.92. The molecule has 0 aliphatic carbocycles. The third-order valence-electron chi connectivity index (χ3n) is 4.30. The van der Waals surface area contributed by atoms with E-state index in [1.54, 1.807) is 6.20 Å². The second-order valence-electron chi connectivity index (χ2n) is 5.93. The van der Waals surface area contributed by atoms with E-state index in [1.807, 2.05) is 30.4 Å². The van der Waals surface area contributed by atoms with Crippen molar-refractivity contribution in [2.24, 2.45) is 0 Å². The molecule has 1 aliphatic rings. The van der Waals surface area contributed by atoms with E-state index in [1.165, 1.54) is 6.33 Å². The zero-order chi connectivity index (χ0) is 16.4. The summed E-state index contributed by atoms with van der Waals surface area (Å²) in [6, 6.07) is 0.184. The smallest absolute Gasteiger partial charge is 0.257 e. The predicted molar refractivity (Wildman–Crippen MR) is 85.1 cm³/mol. The second kappa shape index (κ2) is 6.44. The molecule has 0 bridgehead atoms. The minimum Gasteiger partial charge on any atom is -0.336 e. The fourth-order valence-electron chi connectivity index (χ4n) is 3.21. The highest BCUT2D eigenvalue weighted by Gasteiger charge is 2.28. The van der Waals surface area contributed by atoms with E-state index in [0.717, 1.165) is 43.1 Å². The van der Waals surface area contributed by atoms with Crippen molar-refractivity contribution in [1.82, 2.24) is 29.6 Å². The number of aryl methyl sites for hydroxylation is 3. The molecule has 2 aromatic rings. The van der Waals surface area contributed by atoms with Gasteiger partial charge in [-0.3, -0.25) is 4.79 Å². The monoisotopic (exact) mass is 314 g/mol. The van der Waals surface area contributed by atoms with Crippen LogP contribution >= 0.6 is 0 Å². The van der Waals surface area contributed by atoms with Crippen molar-refractivity contribution in [2.75, 3.05) is 13.1 Å². The minimum absolute atomic E-state index is 0.0154. The predicted octanol–water partition coefficient (Wildman–Crippen LogP) is 1.72. The molecule has 3 heterocycles. The summed E-state index contributed by atoms with van der Waals surface area (Å²) in [5, 5.41) is 4.48. The molecular formula is C16H22N6O. The second-order valence-corrected chi connectivity index (χ2v) is 5.93. The summed E-state index contributed by atoms with van der Waals surface area (Å²) in [7, 11) is 0. The van der Waals surface area contributed by atoms with Crippen molar-refractivity contribution < 1.29 is 4.79 Å². The molecule has 0 aromatic carbocycles. The van der Waals surface area contributed by atoms with E-state index in [4.69, 9.17) is 0 Å². The number of nitrogens with zero attached hydrogens (tertiary/aromatic N) is 6. The van der Waals surface area contributed by atoms with Crippen molar-refractivity contribution in [3.8, 4) is 0 Å². The van der Waals surface area contributed by atoms with E-state index in [2.05, 4.69) is 20.1 Å². The fraction of sp³-hybridized carbons (Fsp3) is 0.562. The number of hydrogen-bond acceptors (Lipinski definition) is 5. The van der Waals surface area contributed by atoms with Crippen LogP contribution in [0.25, 0.3) is 0 Å². The Labute approximate surface area is 135 Å². The number of piperidine rings is 1. The number of rotatable bonds is 3. The Kier molecular flexibility index (Phi) is 4.36. The van der Waals surface area contributed by atoms with Gasteiger partial charge in [0.05, 0.1) is 17.3 Å². The average molecular weight is 314 g/mol. The Morgan fingerprint density at radius 2 is 2.22 bits per heavy atom. The summed E-state index contributed by atoms with van der Waals surface area (Å²) in [5.74, 6) is 1.69. The third-order valence-corrected chi connectivity index (χ3v) is 4.30. The van der Waals surface area contributed by atoms with Crippen LogP contribution in [0.1, 0.15) is 53.5 Å². The van der Waals surface area contributed by atoms with E-state index >= 15 is 0 Å². The number of carbonyl (C=O) groups is 1. The first-order valence-corrected chi connectivity index (χ1v) is 8.08. The summed E-state index contributed by atoms with van der Waals surface area (Å²) in [6.45, 7) is 7.27. The maximum absolute atomic E-state index is 12.8. The molecule has 7 heteroatoms. The van der Waals surface area contributed by atoms with E-state index in [9.17, 15) is 4.79 Å². The molecule has 0 unspecified atom stereocenters. The van der Waals surface area contributed by atoms with Crippen LogP contribution in [0.2, 0.25) is 0 Å². The zero-order valence-corrected chi connectivity index (χ0v) is 13.9. The van der Waals surface area contributed by atoms with Crippen LogP contribution in [0.5, 0.6) is 0 Å². The first-order chi connectivity index (χ1) is 11.1. The molecule has 0 spiro atoms. The summed E-state index contributed by atoms with van der Waals surface area (Å²) in [6.07, 6.45) is 5.82.